The first-order valence-electron chi connectivity index (χ1n) is 6.71. The van der Waals surface area contributed by atoms with E-state index in [9.17, 15) is 4.79 Å². The minimum Gasteiger partial charge on any atom is -0.493 e. The van der Waals surface area contributed by atoms with Crippen molar-refractivity contribution in [3.63, 3.8) is 0 Å². The van der Waals surface area contributed by atoms with E-state index in [4.69, 9.17) is 14.2 Å². The first-order chi connectivity index (χ1) is 10.1. The van der Waals surface area contributed by atoms with Crippen LogP contribution in [0, 0.1) is 0 Å². The number of methoxy groups -OCH3 is 1. The molecule has 0 fully saturated rings. The maximum atomic E-state index is 12.1. The third kappa shape index (κ3) is 2.46. The summed E-state index contributed by atoms with van der Waals surface area (Å²) >= 11 is 0. The summed E-state index contributed by atoms with van der Waals surface area (Å²) < 4.78 is 16.0. The smallest absolute Gasteiger partial charge is 0.256 e. The lowest BCUT2D eigenvalue weighted by Crippen LogP contribution is -2.40. The molecule has 2 aliphatic rings. The predicted molar refractivity (Wildman–Crippen MR) is 75.7 cm³/mol. The van der Waals surface area contributed by atoms with E-state index in [0.29, 0.717) is 28.8 Å². The second-order valence-corrected chi connectivity index (χ2v) is 5.13. The van der Waals surface area contributed by atoms with Gasteiger partial charge in [0.25, 0.3) is 5.91 Å². The molecule has 0 saturated carbocycles. The molecule has 2 aliphatic heterocycles. The highest BCUT2D eigenvalue weighted by atomic mass is 16.7. The number of rotatable bonds is 3. The minimum atomic E-state index is -0.616. The van der Waals surface area contributed by atoms with E-state index in [0.717, 1.165) is 0 Å². The largest absolute Gasteiger partial charge is 0.493 e. The quantitative estimate of drug-likeness (QED) is 0.866. The lowest BCUT2D eigenvalue weighted by Gasteiger charge is -2.10. The SMILES string of the molecule is COc1cc(C2N=C(NC(C)C)NC2=O)cc2c1OCO2. The van der Waals surface area contributed by atoms with Gasteiger partial charge in [0.1, 0.15) is 0 Å². The molecule has 7 heteroatoms. The molecule has 0 aromatic heterocycles. The van der Waals surface area contributed by atoms with Crippen molar-refractivity contribution >= 4 is 11.9 Å². The second-order valence-electron chi connectivity index (χ2n) is 5.13. The van der Waals surface area contributed by atoms with Crippen molar-refractivity contribution in [2.45, 2.75) is 25.9 Å². The summed E-state index contributed by atoms with van der Waals surface area (Å²) in [5.74, 6) is 1.96. The van der Waals surface area contributed by atoms with E-state index in [2.05, 4.69) is 15.6 Å². The first kappa shape index (κ1) is 13.5. The molecule has 1 unspecified atom stereocenters. The van der Waals surface area contributed by atoms with Crippen LogP contribution in [0.2, 0.25) is 0 Å². The maximum absolute atomic E-state index is 12.1. The van der Waals surface area contributed by atoms with Gasteiger partial charge in [0.05, 0.1) is 7.11 Å². The molecular weight excluding hydrogens is 274 g/mol. The highest BCUT2D eigenvalue weighted by Gasteiger charge is 2.31. The molecule has 1 amide bonds. The van der Waals surface area contributed by atoms with Crippen LogP contribution < -0.4 is 24.8 Å². The molecule has 2 N–H and O–H groups in total. The lowest BCUT2D eigenvalue weighted by molar-refractivity contribution is -0.120. The zero-order valence-electron chi connectivity index (χ0n) is 12.1. The number of carbonyl (C=O) groups is 1. The average molecular weight is 291 g/mol. The van der Waals surface area contributed by atoms with Gasteiger partial charge in [-0.25, -0.2) is 4.99 Å². The summed E-state index contributed by atoms with van der Waals surface area (Å²) in [6, 6.07) is 3.08. The Kier molecular flexibility index (Phi) is 3.32. The van der Waals surface area contributed by atoms with E-state index in [-0.39, 0.29) is 18.7 Å². The van der Waals surface area contributed by atoms with Gasteiger partial charge in [-0.1, -0.05) is 0 Å². The molecule has 7 nitrogen and oxygen atoms in total. The van der Waals surface area contributed by atoms with Gasteiger partial charge >= 0.3 is 0 Å². The van der Waals surface area contributed by atoms with Gasteiger partial charge in [-0.3, -0.25) is 10.1 Å². The van der Waals surface area contributed by atoms with Crippen molar-refractivity contribution in [3.05, 3.63) is 17.7 Å². The molecule has 21 heavy (non-hydrogen) atoms. The fourth-order valence-electron chi connectivity index (χ4n) is 2.29. The molecular formula is C14H17N3O4. The second kappa shape index (κ2) is 5.16. The van der Waals surface area contributed by atoms with Crippen LogP contribution in [0.1, 0.15) is 25.5 Å². The van der Waals surface area contributed by atoms with Crippen molar-refractivity contribution in [1.29, 1.82) is 0 Å². The molecule has 1 aromatic carbocycles. The van der Waals surface area contributed by atoms with E-state index in [1.165, 1.54) is 0 Å². The number of amides is 1. The molecule has 0 radical (unpaired) electrons. The number of benzene rings is 1. The van der Waals surface area contributed by atoms with E-state index in [1.807, 2.05) is 13.8 Å². The number of carbonyl (C=O) groups excluding carboxylic acids is 1. The van der Waals surface area contributed by atoms with Crippen LogP contribution in [0.3, 0.4) is 0 Å². The Morgan fingerprint density at radius 1 is 1.43 bits per heavy atom. The highest BCUT2D eigenvalue weighted by Crippen LogP contribution is 2.43. The average Bonchev–Trinajstić information content (AvgIpc) is 3.03. The molecule has 0 bridgehead atoms. The van der Waals surface area contributed by atoms with Gasteiger partial charge in [0, 0.05) is 6.04 Å². The van der Waals surface area contributed by atoms with Crippen molar-refractivity contribution < 1.29 is 19.0 Å². The molecule has 1 aromatic rings. The van der Waals surface area contributed by atoms with Gasteiger partial charge in [0.15, 0.2) is 23.5 Å². The highest BCUT2D eigenvalue weighted by molar-refractivity contribution is 6.05. The Labute approximate surface area is 122 Å². The summed E-state index contributed by atoms with van der Waals surface area (Å²) in [5, 5.41) is 5.81. The minimum absolute atomic E-state index is 0.148. The van der Waals surface area contributed by atoms with Crippen molar-refractivity contribution in [1.82, 2.24) is 10.6 Å². The summed E-state index contributed by atoms with van der Waals surface area (Å²) in [4.78, 5) is 16.5. The molecule has 1 atom stereocenters. The molecule has 0 saturated heterocycles. The van der Waals surface area contributed by atoms with E-state index >= 15 is 0 Å². The van der Waals surface area contributed by atoms with Gasteiger partial charge < -0.3 is 19.5 Å². The fourth-order valence-corrected chi connectivity index (χ4v) is 2.29. The normalized spacial score (nSPS) is 19.5. The zero-order valence-corrected chi connectivity index (χ0v) is 12.1. The van der Waals surface area contributed by atoms with Crippen LogP contribution in [-0.2, 0) is 4.79 Å². The van der Waals surface area contributed by atoms with Crippen LogP contribution >= 0.6 is 0 Å². The number of ether oxygens (including phenoxy) is 3. The third-order valence-corrected chi connectivity index (χ3v) is 3.17. The summed E-state index contributed by atoms with van der Waals surface area (Å²) in [6.07, 6.45) is 0. The number of aliphatic imine (C=N–C) groups is 1. The summed E-state index contributed by atoms with van der Waals surface area (Å²) in [6.45, 7) is 4.10. The van der Waals surface area contributed by atoms with Gasteiger partial charge in [0.2, 0.25) is 12.5 Å². The predicted octanol–water partition coefficient (Wildman–Crippen LogP) is 0.949. The van der Waals surface area contributed by atoms with Crippen LogP contribution in [0.25, 0.3) is 0 Å². The third-order valence-electron chi connectivity index (χ3n) is 3.17. The van der Waals surface area contributed by atoms with Crippen LogP contribution in [0.4, 0.5) is 0 Å². The van der Waals surface area contributed by atoms with Gasteiger partial charge in [-0.15, -0.1) is 0 Å². The number of hydrogen-bond donors (Lipinski definition) is 2. The Hall–Kier alpha value is -2.44. The lowest BCUT2D eigenvalue weighted by atomic mass is 10.1. The van der Waals surface area contributed by atoms with Gasteiger partial charge in [-0.2, -0.15) is 0 Å². The Morgan fingerprint density at radius 3 is 2.95 bits per heavy atom. The number of fused-ring (bicyclic) bond motifs is 1. The summed E-state index contributed by atoms with van der Waals surface area (Å²) in [5.41, 5.74) is 0.703. The number of nitrogens with zero attached hydrogens (tertiary/aromatic N) is 1. The number of hydrogen-bond acceptors (Lipinski definition) is 6. The molecule has 3 rings (SSSR count). The van der Waals surface area contributed by atoms with Crippen molar-refractivity contribution in [3.8, 4) is 17.2 Å². The van der Waals surface area contributed by atoms with Crippen LogP contribution in [0.5, 0.6) is 17.2 Å². The summed E-state index contributed by atoms with van der Waals surface area (Å²) in [7, 11) is 1.55. The Bertz CT molecular complexity index is 612. The molecule has 112 valence electrons. The topological polar surface area (TPSA) is 81.2 Å². The van der Waals surface area contributed by atoms with Crippen LogP contribution in [-0.4, -0.2) is 31.8 Å². The number of guanidine groups is 1. The monoisotopic (exact) mass is 291 g/mol. The zero-order chi connectivity index (χ0) is 15.0. The Morgan fingerprint density at radius 2 is 2.24 bits per heavy atom. The number of nitrogens with one attached hydrogen (secondary N) is 2. The fraction of sp³-hybridized carbons (Fsp3) is 0.429. The molecule has 0 spiro atoms. The standard InChI is InChI=1S/C14H17N3O4/c1-7(2)15-14-16-11(13(18)17-14)8-4-9(19-3)12-10(5-8)20-6-21-12/h4-5,7,11H,6H2,1-3H3,(H2,15,16,17,18). The maximum Gasteiger partial charge on any atom is 0.256 e. The molecule has 2 heterocycles. The van der Waals surface area contributed by atoms with E-state index < -0.39 is 6.04 Å². The van der Waals surface area contributed by atoms with Crippen LogP contribution in [0.15, 0.2) is 17.1 Å². The Balaban J connectivity index is 1.93. The van der Waals surface area contributed by atoms with Crippen molar-refractivity contribution in [2.24, 2.45) is 4.99 Å². The van der Waals surface area contributed by atoms with Gasteiger partial charge in [-0.05, 0) is 31.5 Å². The van der Waals surface area contributed by atoms with Crippen molar-refractivity contribution in [2.75, 3.05) is 13.9 Å². The van der Waals surface area contributed by atoms with E-state index in [1.54, 1.807) is 19.2 Å². The first-order valence-corrected chi connectivity index (χ1v) is 6.71. The molecule has 0 aliphatic carbocycles.